The Morgan fingerprint density at radius 1 is 1.30 bits per heavy atom. The zero-order valence-electron chi connectivity index (χ0n) is 16.2. The third-order valence-electron chi connectivity index (χ3n) is 3.86. The smallest absolute Gasteiger partial charge is 0.286 e. The van der Waals surface area contributed by atoms with Crippen LogP contribution in [-0.4, -0.2) is 23.6 Å². The summed E-state index contributed by atoms with van der Waals surface area (Å²) in [5, 5.41) is 3.42. The highest BCUT2D eigenvalue weighted by Gasteiger charge is 2.23. The van der Waals surface area contributed by atoms with Crippen molar-refractivity contribution in [2.45, 2.75) is 20.5 Å². The average Bonchev–Trinajstić information content (AvgIpc) is 3.00. The summed E-state index contributed by atoms with van der Waals surface area (Å²) in [6, 6.07) is 11.1. The first-order valence-electron chi connectivity index (χ1n) is 9.00. The Bertz CT molecular complexity index is 1060. The summed E-state index contributed by atoms with van der Waals surface area (Å²) in [6.45, 7) is 3.96. The molecule has 1 N–H and O–H groups in total. The molecule has 0 fully saturated rings. The van der Waals surface area contributed by atoms with E-state index >= 15 is 0 Å². The summed E-state index contributed by atoms with van der Waals surface area (Å²) in [7, 11) is 0. The number of aliphatic imine (C=N–C) groups is 1. The first-order valence-corrected chi connectivity index (χ1v) is 11.0. The number of benzene rings is 2. The molecule has 0 aromatic heterocycles. The Kier molecular flexibility index (Phi) is 7.58. The number of rotatable bonds is 6. The van der Waals surface area contributed by atoms with Crippen LogP contribution >= 0.6 is 39.3 Å². The second-order valence-electron chi connectivity index (χ2n) is 6.16. The number of nitrogens with zero attached hydrogens (tertiary/aromatic N) is 1. The van der Waals surface area contributed by atoms with E-state index in [0.29, 0.717) is 32.5 Å². The van der Waals surface area contributed by atoms with Gasteiger partial charge in [0.25, 0.3) is 5.91 Å². The molecule has 2 aromatic rings. The van der Waals surface area contributed by atoms with Crippen molar-refractivity contribution in [3.63, 3.8) is 0 Å². The minimum Gasteiger partial charge on any atom is -0.490 e. The Balaban J connectivity index is 1.84. The molecule has 0 unspecified atom stereocenters. The van der Waals surface area contributed by atoms with Crippen LogP contribution in [0.25, 0.3) is 6.08 Å². The molecule has 1 heterocycles. The van der Waals surface area contributed by atoms with Gasteiger partial charge in [-0.25, -0.2) is 0 Å². The van der Waals surface area contributed by atoms with Crippen molar-refractivity contribution >= 4 is 62.4 Å². The van der Waals surface area contributed by atoms with E-state index in [1.165, 1.54) is 6.92 Å². The fraction of sp³-hybridized carbons (Fsp3) is 0.190. The summed E-state index contributed by atoms with van der Waals surface area (Å²) in [5.41, 5.74) is 1.58. The Hall–Kier alpha value is -2.29. The number of hydrogen-bond acceptors (Lipinski definition) is 5. The monoisotopic (exact) mass is 508 g/mol. The van der Waals surface area contributed by atoms with Gasteiger partial charge in [-0.1, -0.05) is 29.8 Å². The first kappa shape index (κ1) is 22.4. The predicted octanol–water partition coefficient (Wildman–Crippen LogP) is 5.19. The molecule has 1 aliphatic rings. The normalized spacial score (nSPS) is 14.6. The van der Waals surface area contributed by atoms with Crippen LogP contribution in [0.3, 0.4) is 0 Å². The number of amidine groups is 1. The lowest BCUT2D eigenvalue weighted by molar-refractivity contribution is -0.117. The molecule has 6 nitrogen and oxygen atoms in total. The summed E-state index contributed by atoms with van der Waals surface area (Å²) in [5.74, 6) is 0.386. The maximum absolute atomic E-state index is 12.1. The van der Waals surface area contributed by atoms with Crippen molar-refractivity contribution in [1.29, 1.82) is 0 Å². The van der Waals surface area contributed by atoms with Crippen LogP contribution in [0.2, 0.25) is 5.02 Å². The molecular formula is C21H18BrClN2O4S. The first-order chi connectivity index (χ1) is 14.4. The van der Waals surface area contributed by atoms with E-state index in [1.54, 1.807) is 12.1 Å². The molecule has 0 spiro atoms. The maximum Gasteiger partial charge on any atom is 0.286 e. The fourth-order valence-electron chi connectivity index (χ4n) is 2.60. The summed E-state index contributed by atoms with van der Waals surface area (Å²) in [6.07, 6.45) is 1.69. The minimum atomic E-state index is -0.406. The SMILES string of the molecule is CCOc1cc(/C=C2\SC(NC(C)=O)=NC2=O)cc(Br)c1OCc1ccccc1Cl. The van der Waals surface area contributed by atoms with Crippen LogP contribution in [0, 0.1) is 0 Å². The van der Waals surface area contributed by atoms with Gasteiger partial charge in [0.1, 0.15) is 6.61 Å². The topological polar surface area (TPSA) is 77.0 Å². The molecule has 0 atom stereocenters. The number of carbonyl (C=O) groups excluding carboxylic acids is 2. The zero-order chi connectivity index (χ0) is 21.7. The van der Waals surface area contributed by atoms with Crippen LogP contribution in [0.4, 0.5) is 0 Å². The Morgan fingerprint density at radius 2 is 2.07 bits per heavy atom. The van der Waals surface area contributed by atoms with E-state index in [-0.39, 0.29) is 17.7 Å². The number of ether oxygens (including phenoxy) is 2. The van der Waals surface area contributed by atoms with Crippen LogP contribution in [0.15, 0.2) is 50.8 Å². The lowest BCUT2D eigenvalue weighted by atomic mass is 10.1. The van der Waals surface area contributed by atoms with Crippen LogP contribution in [0.5, 0.6) is 11.5 Å². The van der Waals surface area contributed by atoms with Gasteiger partial charge in [0, 0.05) is 17.5 Å². The molecule has 2 aromatic carbocycles. The Labute approximate surface area is 191 Å². The van der Waals surface area contributed by atoms with Gasteiger partial charge in [-0.15, -0.1) is 0 Å². The van der Waals surface area contributed by atoms with Gasteiger partial charge in [-0.05, 0) is 64.5 Å². The number of amides is 2. The molecule has 0 saturated carbocycles. The lowest BCUT2D eigenvalue weighted by Crippen LogP contribution is -2.23. The highest BCUT2D eigenvalue weighted by atomic mass is 79.9. The molecule has 3 rings (SSSR count). The molecule has 0 saturated heterocycles. The second kappa shape index (κ2) is 10.1. The van der Waals surface area contributed by atoms with Gasteiger partial charge < -0.3 is 14.8 Å². The fourth-order valence-corrected chi connectivity index (χ4v) is 4.23. The largest absolute Gasteiger partial charge is 0.490 e. The zero-order valence-corrected chi connectivity index (χ0v) is 19.4. The van der Waals surface area contributed by atoms with Crippen molar-refractivity contribution in [3.8, 4) is 11.5 Å². The number of carbonyl (C=O) groups is 2. The summed E-state index contributed by atoms with van der Waals surface area (Å²) >= 11 is 10.8. The third-order valence-corrected chi connectivity index (χ3v) is 5.72. The molecule has 0 radical (unpaired) electrons. The minimum absolute atomic E-state index is 0.266. The standard InChI is InChI=1S/C21H18BrClN2O4S/c1-3-28-17-9-13(10-18-20(27)25-21(30-18)24-12(2)26)8-15(22)19(17)29-11-14-6-4-5-7-16(14)23/h4-10H,3,11H2,1-2H3,(H,24,25,26,27)/b18-10-. The molecule has 30 heavy (non-hydrogen) atoms. The molecule has 156 valence electrons. The van der Waals surface area contributed by atoms with Crippen molar-refractivity contribution in [1.82, 2.24) is 5.32 Å². The van der Waals surface area contributed by atoms with Gasteiger partial charge in [-0.2, -0.15) is 4.99 Å². The van der Waals surface area contributed by atoms with Crippen LogP contribution in [-0.2, 0) is 16.2 Å². The molecule has 2 amide bonds. The second-order valence-corrected chi connectivity index (χ2v) is 8.45. The van der Waals surface area contributed by atoms with Gasteiger partial charge in [0.05, 0.1) is 16.0 Å². The maximum atomic E-state index is 12.1. The van der Waals surface area contributed by atoms with E-state index < -0.39 is 5.91 Å². The highest BCUT2D eigenvalue weighted by molar-refractivity contribution is 9.10. The van der Waals surface area contributed by atoms with E-state index in [4.69, 9.17) is 21.1 Å². The lowest BCUT2D eigenvalue weighted by Gasteiger charge is -2.15. The van der Waals surface area contributed by atoms with Crippen LogP contribution < -0.4 is 14.8 Å². The summed E-state index contributed by atoms with van der Waals surface area (Å²) in [4.78, 5) is 27.5. The van der Waals surface area contributed by atoms with E-state index in [1.807, 2.05) is 37.3 Å². The third kappa shape index (κ3) is 5.65. The predicted molar refractivity (Wildman–Crippen MR) is 123 cm³/mol. The molecule has 9 heteroatoms. The molecular weight excluding hydrogens is 492 g/mol. The Morgan fingerprint density at radius 3 is 2.77 bits per heavy atom. The van der Waals surface area contributed by atoms with E-state index in [0.717, 1.165) is 22.9 Å². The quantitative estimate of drug-likeness (QED) is 0.543. The number of thioether (sulfide) groups is 1. The van der Waals surface area contributed by atoms with Crippen molar-refractivity contribution < 1.29 is 19.1 Å². The number of nitrogens with one attached hydrogen (secondary N) is 1. The van der Waals surface area contributed by atoms with Crippen molar-refractivity contribution in [3.05, 3.63) is 61.9 Å². The van der Waals surface area contributed by atoms with Crippen molar-refractivity contribution in [2.24, 2.45) is 4.99 Å². The van der Waals surface area contributed by atoms with E-state index in [2.05, 4.69) is 26.2 Å². The molecule has 0 aliphatic carbocycles. The van der Waals surface area contributed by atoms with E-state index in [9.17, 15) is 9.59 Å². The number of halogens is 2. The van der Waals surface area contributed by atoms with Gasteiger partial charge in [-0.3, -0.25) is 9.59 Å². The van der Waals surface area contributed by atoms with Gasteiger partial charge in [0.15, 0.2) is 16.7 Å². The van der Waals surface area contributed by atoms with Crippen molar-refractivity contribution in [2.75, 3.05) is 6.61 Å². The van der Waals surface area contributed by atoms with Crippen LogP contribution in [0.1, 0.15) is 25.0 Å². The highest BCUT2D eigenvalue weighted by Crippen LogP contribution is 2.39. The molecule has 1 aliphatic heterocycles. The summed E-state index contributed by atoms with van der Waals surface area (Å²) < 4.78 is 12.4. The average molecular weight is 510 g/mol. The van der Waals surface area contributed by atoms with Gasteiger partial charge in [0.2, 0.25) is 5.91 Å². The number of hydrogen-bond donors (Lipinski definition) is 1. The molecule has 0 bridgehead atoms. The van der Waals surface area contributed by atoms with Gasteiger partial charge >= 0.3 is 0 Å².